The molecule has 5 atom stereocenters. The fourth-order valence-corrected chi connectivity index (χ4v) is 3.58. The monoisotopic (exact) mass is 368 g/mol. The van der Waals surface area contributed by atoms with Crippen molar-refractivity contribution in [2.24, 2.45) is 11.8 Å². The highest BCUT2D eigenvalue weighted by molar-refractivity contribution is 5.66. The first-order chi connectivity index (χ1) is 12.3. The average molecular weight is 369 g/mol. The van der Waals surface area contributed by atoms with Crippen molar-refractivity contribution in [1.29, 1.82) is 0 Å². The fraction of sp³-hybridized carbons (Fsp3) is 0.762. The fourth-order valence-electron chi connectivity index (χ4n) is 3.58. The summed E-state index contributed by atoms with van der Waals surface area (Å²) in [5.74, 6) is -1.04. The lowest BCUT2D eigenvalue weighted by Crippen LogP contribution is -2.24. The van der Waals surface area contributed by atoms with Gasteiger partial charge in [0.25, 0.3) is 0 Å². The summed E-state index contributed by atoms with van der Waals surface area (Å²) in [7, 11) is 0. The molecule has 0 radical (unpaired) electrons. The summed E-state index contributed by atoms with van der Waals surface area (Å²) in [6.07, 6.45) is 12.7. The molecule has 1 saturated carbocycles. The number of hydrogen-bond acceptors (Lipinski definition) is 4. The minimum Gasteiger partial charge on any atom is -0.481 e. The first-order valence-electron chi connectivity index (χ1n) is 9.91. The molecular formula is C21H36O5. The third-order valence-corrected chi connectivity index (χ3v) is 5.22. The second-order valence-corrected chi connectivity index (χ2v) is 7.78. The summed E-state index contributed by atoms with van der Waals surface area (Å²) in [6.45, 7) is 3.91. The molecule has 0 aromatic carbocycles. The number of carboxylic acid groups (broad SMARTS) is 1. The number of carbonyl (C=O) groups is 1. The number of allylic oxidation sites excluding steroid dienone is 2. The lowest BCUT2D eigenvalue weighted by atomic mass is 9.88. The molecule has 0 bridgehead atoms. The van der Waals surface area contributed by atoms with Crippen LogP contribution >= 0.6 is 0 Å². The molecule has 5 nitrogen and oxygen atoms in total. The Balaban J connectivity index is 2.56. The van der Waals surface area contributed by atoms with E-state index in [9.17, 15) is 20.1 Å². The third-order valence-electron chi connectivity index (χ3n) is 5.22. The van der Waals surface area contributed by atoms with Crippen LogP contribution in [-0.4, -0.2) is 44.2 Å². The van der Waals surface area contributed by atoms with Gasteiger partial charge in [-0.15, -0.1) is 0 Å². The molecule has 1 aliphatic rings. The minimum atomic E-state index is -0.889. The second-order valence-electron chi connectivity index (χ2n) is 7.78. The Hall–Kier alpha value is -1.17. The molecule has 26 heavy (non-hydrogen) atoms. The van der Waals surface area contributed by atoms with Crippen molar-refractivity contribution in [2.45, 2.75) is 89.4 Å². The van der Waals surface area contributed by atoms with Crippen LogP contribution in [0.3, 0.4) is 0 Å². The number of aliphatic hydroxyl groups excluding tert-OH is 2. The van der Waals surface area contributed by atoms with Crippen molar-refractivity contribution in [2.75, 3.05) is 0 Å². The van der Waals surface area contributed by atoms with E-state index in [0.717, 1.165) is 19.3 Å². The zero-order chi connectivity index (χ0) is 19.6. The third kappa shape index (κ3) is 8.47. The summed E-state index contributed by atoms with van der Waals surface area (Å²) < 4.78 is 0. The number of unbranched alkanes of at least 4 members (excludes halogenated alkanes) is 3. The van der Waals surface area contributed by atoms with E-state index in [1.165, 1.54) is 0 Å². The predicted molar refractivity (Wildman–Crippen MR) is 103 cm³/mol. The van der Waals surface area contributed by atoms with E-state index < -0.39 is 23.8 Å². The van der Waals surface area contributed by atoms with Gasteiger partial charge >= 0.3 is 5.97 Å². The van der Waals surface area contributed by atoms with Crippen molar-refractivity contribution >= 4 is 5.97 Å². The van der Waals surface area contributed by atoms with Crippen molar-refractivity contribution in [3.63, 3.8) is 0 Å². The molecule has 150 valence electrons. The van der Waals surface area contributed by atoms with Crippen LogP contribution in [0.15, 0.2) is 24.3 Å². The highest BCUT2D eigenvalue weighted by Gasteiger charge is 2.39. The summed E-state index contributed by atoms with van der Waals surface area (Å²) in [6, 6.07) is 0. The van der Waals surface area contributed by atoms with Gasteiger partial charge in [-0.1, -0.05) is 50.5 Å². The Kier molecular flexibility index (Phi) is 10.1. The second kappa shape index (κ2) is 11.5. The molecule has 4 N–H and O–H groups in total. The van der Waals surface area contributed by atoms with Crippen LogP contribution < -0.4 is 0 Å². The minimum absolute atomic E-state index is 0.0802. The maximum Gasteiger partial charge on any atom is 0.303 e. The van der Waals surface area contributed by atoms with Gasteiger partial charge in [0.05, 0.1) is 17.8 Å². The lowest BCUT2D eigenvalue weighted by Gasteiger charge is -2.23. The summed E-state index contributed by atoms with van der Waals surface area (Å²) in [4.78, 5) is 10.5. The maximum atomic E-state index is 10.5. The average Bonchev–Trinajstić information content (AvgIpc) is 2.82. The molecule has 0 aromatic rings. The van der Waals surface area contributed by atoms with Crippen LogP contribution in [0, 0.1) is 11.8 Å². The molecule has 0 aromatic heterocycles. The van der Waals surface area contributed by atoms with Crippen LogP contribution in [-0.2, 0) is 4.79 Å². The van der Waals surface area contributed by atoms with Gasteiger partial charge in [0.2, 0.25) is 0 Å². The zero-order valence-corrected chi connectivity index (χ0v) is 16.2. The largest absolute Gasteiger partial charge is 0.481 e. The molecule has 0 unspecified atom stereocenters. The highest BCUT2D eigenvalue weighted by Crippen LogP contribution is 2.37. The zero-order valence-electron chi connectivity index (χ0n) is 16.2. The molecule has 0 saturated heterocycles. The number of hydrogen-bond donors (Lipinski definition) is 4. The maximum absolute atomic E-state index is 10.5. The summed E-state index contributed by atoms with van der Waals surface area (Å²) in [5.41, 5.74) is -0.889. The van der Waals surface area contributed by atoms with Gasteiger partial charge < -0.3 is 20.4 Å². The molecule has 0 aliphatic heterocycles. The first kappa shape index (κ1) is 22.9. The van der Waals surface area contributed by atoms with Gasteiger partial charge in [-0.2, -0.15) is 0 Å². The van der Waals surface area contributed by atoms with Crippen molar-refractivity contribution in [3.8, 4) is 0 Å². The van der Waals surface area contributed by atoms with Crippen molar-refractivity contribution in [1.82, 2.24) is 0 Å². The van der Waals surface area contributed by atoms with Crippen LogP contribution in [0.1, 0.15) is 71.6 Å². The normalized spacial score (nSPS) is 28.8. The first-order valence-corrected chi connectivity index (χ1v) is 9.91. The van der Waals surface area contributed by atoms with Gasteiger partial charge in [0, 0.05) is 18.8 Å². The molecular weight excluding hydrogens is 332 g/mol. The Morgan fingerprint density at radius 2 is 1.88 bits per heavy atom. The summed E-state index contributed by atoms with van der Waals surface area (Å²) in [5, 5.41) is 39.6. The van der Waals surface area contributed by atoms with E-state index in [4.69, 9.17) is 5.11 Å². The van der Waals surface area contributed by atoms with Gasteiger partial charge in [0.1, 0.15) is 0 Å². The lowest BCUT2D eigenvalue weighted by molar-refractivity contribution is -0.137. The Labute approximate surface area is 157 Å². The number of aliphatic carboxylic acids is 1. The van der Waals surface area contributed by atoms with Crippen LogP contribution in [0.5, 0.6) is 0 Å². The molecule has 1 aliphatic carbocycles. The van der Waals surface area contributed by atoms with E-state index in [2.05, 4.69) is 6.92 Å². The Morgan fingerprint density at radius 3 is 2.54 bits per heavy atom. The van der Waals surface area contributed by atoms with Crippen LogP contribution in [0.2, 0.25) is 0 Å². The van der Waals surface area contributed by atoms with Gasteiger partial charge in [0.15, 0.2) is 0 Å². The van der Waals surface area contributed by atoms with Crippen molar-refractivity contribution in [3.05, 3.63) is 24.3 Å². The van der Waals surface area contributed by atoms with E-state index >= 15 is 0 Å². The van der Waals surface area contributed by atoms with E-state index in [1.807, 2.05) is 18.2 Å². The number of carboxylic acids is 1. The quantitative estimate of drug-likeness (QED) is 0.312. The van der Waals surface area contributed by atoms with Crippen LogP contribution in [0.25, 0.3) is 0 Å². The molecule has 0 amide bonds. The summed E-state index contributed by atoms with van der Waals surface area (Å²) >= 11 is 0. The van der Waals surface area contributed by atoms with E-state index in [-0.39, 0.29) is 18.3 Å². The van der Waals surface area contributed by atoms with Gasteiger partial charge in [-0.3, -0.25) is 4.79 Å². The Bertz CT molecular complexity index is 469. The highest BCUT2D eigenvalue weighted by atomic mass is 16.4. The molecule has 5 heteroatoms. The molecule has 0 heterocycles. The molecule has 0 spiro atoms. The van der Waals surface area contributed by atoms with E-state index in [0.29, 0.717) is 32.1 Å². The standard InChI is InChI=1S/C21H36O5/c1-3-4-9-13-21(2,26)14-12-17-16(18(22)15-19(17)23)10-7-5-6-8-11-20(24)25/h5,7,12,14,16-19,22-23,26H,3-4,6,8-11,13,15H2,1-2H3,(H,24,25)/b7-5+,14-12+/t16-,17+,18-,19-,21+/m1/s1. The molecule has 1 rings (SSSR count). The predicted octanol–water partition coefficient (Wildman–Crippen LogP) is 3.43. The SMILES string of the molecule is CCCCC[C@](C)(O)/C=C/[C@H]1[C@@H](C/C=C/CCCC(=O)O)[C@H](O)C[C@H]1O. The Morgan fingerprint density at radius 1 is 1.15 bits per heavy atom. The topological polar surface area (TPSA) is 98.0 Å². The molecule has 1 fully saturated rings. The van der Waals surface area contributed by atoms with Crippen LogP contribution in [0.4, 0.5) is 0 Å². The van der Waals surface area contributed by atoms with Gasteiger partial charge in [-0.25, -0.2) is 0 Å². The number of rotatable bonds is 12. The van der Waals surface area contributed by atoms with Crippen molar-refractivity contribution < 1.29 is 25.2 Å². The van der Waals surface area contributed by atoms with E-state index in [1.54, 1.807) is 13.0 Å². The van der Waals surface area contributed by atoms with Gasteiger partial charge in [-0.05, 0) is 38.5 Å². The smallest absolute Gasteiger partial charge is 0.303 e. The number of aliphatic hydroxyl groups is 3.